The largest absolute Gasteiger partial charge is 0.493 e. The third-order valence-corrected chi connectivity index (χ3v) is 6.54. The number of anilines is 2. The normalized spacial score (nSPS) is 24.0. The maximum atomic E-state index is 14.2. The first-order chi connectivity index (χ1) is 14.0. The number of benzene rings is 1. The monoisotopic (exact) mass is 448 g/mol. The summed E-state index contributed by atoms with van der Waals surface area (Å²) in [5, 5.41) is 1.12. The van der Waals surface area contributed by atoms with Crippen molar-refractivity contribution in [2.24, 2.45) is 0 Å². The van der Waals surface area contributed by atoms with Crippen molar-refractivity contribution in [2.75, 3.05) is 18.2 Å². The van der Waals surface area contributed by atoms with E-state index in [9.17, 15) is 26.7 Å². The van der Waals surface area contributed by atoms with Gasteiger partial charge in [0.25, 0.3) is 0 Å². The van der Waals surface area contributed by atoms with Gasteiger partial charge in [0, 0.05) is 17.7 Å². The quantitative estimate of drug-likeness (QED) is 0.690. The molecular formula is C18H17F5N4O2S. The smallest absolute Gasteiger partial charge is 0.403 e. The number of halogens is 5. The number of carbonyl (C=O) groups is 1. The molecule has 0 spiro atoms. The predicted molar refractivity (Wildman–Crippen MR) is 101 cm³/mol. The molecule has 3 N–H and O–H groups in total. The lowest BCUT2D eigenvalue weighted by Gasteiger charge is -2.26. The van der Waals surface area contributed by atoms with Gasteiger partial charge in [0.2, 0.25) is 17.7 Å². The van der Waals surface area contributed by atoms with Crippen LogP contribution in [0.15, 0.2) is 24.4 Å². The van der Waals surface area contributed by atoms with E-state index in [1.807, 2.05) is 0 Å². The maximum Gasteiger partial charge on any atom is 0.403 e. The van der Waals surface area contributed by atoms with E-state index in [1.54, 1.807) is 0 Å². The molecular weight excluding hydrogens is 431 g/mol. The summed E-state index contributed by atoms with van der Waals surface area (Å²) in [6, 6.07) is 3.25. The Morgan fingerprint density at radius 3 is 2.63 bits per heavy atom. The van der Waals surface area contributed by atoms with E-state index in [1.165, 1.54) is 12.3 Å². The summed E-state index contributed by atoms with van der Waals surface area (Å²) in [5.41, 5.74) is 5.43. The molecule has 12 heteroatoms. The summed E-state index contributed by atoms with van der Waals surface area (Å²) in [6.07, 6.45) is -3.90. The van der Waals surface area contributed by atoms with Gasteiger partial charge in [-0.05, 0) is 25.5 Å². The van der Waals surface area contributed by atoms with Crippen LogP contribution in [0.4, 0.5) is 33.7 Å². The van der Waals surface area contributed by atoms with Crippen molar-refractivity contribution in [1.82, 2.24) is 9.97 Å². The molecule has 1 aliphatic heterocycles. The molecule has 3 rings (SSSR count). The fourth-order valence-corrected chi connectivity index (χ4v) is 4.86. The van der Waals surface area contributed by atoms with Crippen LogP contribution in [0.2, 0.25) is 0 Å². The van der Waals surface area contributed by atoms with Crippen LogP contribution in [0.5, 0.6) is 5.75 Å². The van der Waals surface area contributed by atoms with Crippen molar-refractivity contribution in [3.05, 3.63) is 41.6 Å². The first-order valence-electron chi connectivity index (χ1n) is 8.62. The molecule has 2 aromatic rings. The zero-order valence-corrected chi connectivity index (χ0v) is 16.6. The van der Waals surface area contributed by atoms with Crippen LogP contribution < -0.4 is 15.8 Å². The first-order valence-corrected chi connectivity index (χ1v) is 9.50. The van der Waals surface area contributed by atoms with E-state index in [0.717, 1.165) is 26.2 Å². The molecule has 1 aromatic carbocycles. The van der Waals surface area contributed by atoms with Crippen molar-refractivity contribution >= 4 is 29.4 Å². The number of carbonyl (C=O) groups excluding carboxylic acids is 1. The Morgan fingerprint density at radius 1 is 1.33 bits per heavy atom. The number of nitrogen functional groups attached to an aromatic ring is 1. The predicted octanol–water partition coefficient (Wildman–Crippen LogP) is 3.89. The molecule has 1 fully saturated rings. The van der Waals surface area contributed by atoms with Gasteiger partial charge >= 0.3 is 6.18 Å². The van der Waals surface area contributed by atoms with E-state index in [0.29, 0.717) is 11.8 Å². The molecule has 0 aliphatic carbocycles. The van der Waals surface area contributed by atoms with Gasteiger partial charge in [-0.3, -0.25) is 4.79 Å². The van der Waals surface area contributed by atoms with E-state index in [2.05, 4.69) is 15.3 Å². The number of hydrogen-bond donors (Lipinski definition) is 2. The second-order valence-electron chi connectivity index (χ2n) is 6.85. The number of nitrogens with zero attached hydrogens (tertiary/aromatic N) is 2. The van der Waals surface area contributed by atoms with Crippen molar-refractivity contribution < 1.29 is 31.5 Å². The first kappa shape index (κ1) is 22.1. The standard InChI is InChI=1S/C18H17F5N4O2S/c1-17(18(21,22)23)7-9(8-3-4-10(19)12(20)13(8)29-2)14(30-17)15(28)26-11-5-6-25-16(24)27-11/h3-6,9,14H,7H2,1-2H3,(H3,24,25,26,27,28). The van der Waals surface area contributed by atoms with Gasteiger partial charge < -0.3 is 15.8 Å². The van der Waals surface area contributed by atoms with Gasteiger partial charge in [-0.15, -0.1) is 11.8 Å². The van der Waals surface area contributed by atoms with Crippen LogP contribution in [0, 0.1) is 11.6 Å². The van der Waals surface area contributed by atoms with Gasteiger partial charge in [-0.1, -0.05) is 6.07 Å². The zero-order valence-electron chi connectivity index (χ0n) is 15.8. The molecule has 1 saturated heterocycles. The van der Waals surface area contributed by atoms with Crippen LogP contribution in [-0.2, 0) is 4.79 Å². The van der Waals surface area contributed by atoms with E-state index in [-0.39, 0.29) is 17.3 Å². The number of thioether (sulfide) groups is 1. The average molecular weight is 448 g/mol. The summed E-state index contributed by atoms with van der Waals surface area (Å²) in [6.45, 7) is 0.965. The van der Waals surface area contributed by atoms with Crippen LogP contribution in [0.3, 0.4) is 0 Å². The van der Waals surface area contributed by atoms with Crippen molar-refractivity contribution in [1.29, 1.82) is 0 Å². The van der Waals surface area contributed by atoms with Crippen molar-refractivity contribution in [3.63, 3.8) is 0 Å². The molecule has 2 heterocycles. The van der Waals surface area contributed by atoms with Crippen LogP contribution in [0.25, 0.3) is 0 Å². The third-order valence-electron chi connectivity index (χ3n) is 4.83. The van der Waals surface area contributed by atoms with E-state index < -0.39 is 51.8 Å². The number of nitrogens with one attached hydrogen (secondary N) is 1. The summed E-state index contributed by atoms with van der Waals surface area (Å²) in [5.74, 6) is -5.10. The number of ether oxygens (including phenoxy) is 1. The summed E-state index contributed by atoms with van der Waals surface area (Å²) in [7, 11) is 1.07. The highest BCUT2D eigenvalue weighted by Crippen LogP contribution is 2.59. The Morgan fingerprint density at radius 2 is 2.03 bits per heavy atom. The maximum absolute atomic E-state index is 14.2. The van der Waals surface area contributed by atoms with Crippen molar-refractivity contribution in [2.45, 2.75) is 35.4 Å². The van der Waals surface area contributed by atoms with Gasteiger partial charge in [0.15, 0.2) is 11.6 Å². The van der Waals surface area contributed by atoms with Gasteiger partial charge in [0.05, 0.1) is 12.4 Å². The average Bonchev–Trinajstić information content (AvgIpc) is 3.03. The Bertz CT molecular complexity index is 974. The Hall–Kier alpha value is -2.63. The van der Waals surface area contributed by atoms with Gasteiger partial charge in [-0.25, -0.2) is 9.37 Å². The number of hydrogen-bond acceptors (Lipinski definition) is 6. The second-order valence-corrected chi connectivity index (χ2v) is 8.50. The zero-order chi connectivity index (χ0) is 22.3. The minimum Gasteiger partial charge on any atom is -0.493 e. The molecule has 6 nitrogen and oxygen atoms in total. The molecule has 0 radical (unpaired) electrons. The fourth-order valence-electron chi connectivity index (χ4n) is 3.32. The van der Waals surface area contributed by atoms with Crippen LogP contribution in [0.1, 0.15) is 24.8 Å². The topological polar surface area (TPSA) is 90.1 Å². The number of methoxy groups -OCH3 is 1. The molecule has 3 atom stereocenters. The molecule has 0 bridgehead atoms. The third kappa shape index (κ3) is 4.00. The van der Waals surface area contributed by atoms with Crippen LogP contribution >= 0.6 is 11.8 Å². The number of alkyl halides is 3. The van der Waals surface area contributed by atoms with Gasteiger partial charge in [-0.2, -0.15) is 22.5 Å². The minimum absolute atomic E-state index is 0.00436. The molecule has 1 aliphatic rings. The second kappa shape index (κ2) is 7.89. The van der Waals surface area contributed by atoms with E-state index in [4.69, 9.17) is 10.5 Å². The number of amides is 1. The van der Waals surface area contributed by atoms with Crippen LogP contribution in [-0.4, -0.2) is 39.2 Å². The molecule has 1 amide bonds. The molecule has 1 aromatic heterocycles. The highest BCUT2D eigenvalue weighted by molar-refractivity contribution is 8.02. The molecule has 0 saturated carbocycles. The summed E-state index contributed by atoms with van der Waals surface area (Å²) < 4.78 is 71.6. The van der Waals surface area contributed by atoms with E-state index >= 15 is 0 Å². The number of aromatic nitrogens is 2. The summed E-state index contributed by atoms with van der Waals surface area (Å²) >= 11 is 0.400. The fraction of sp³-hybridized carbons (Fsp3) is 0.389. The van der Waals surface area contributed by atoms with Crippen molar-refractivity contribution in [3.8, 4) is 5.75 Å². The number of rotatable bonds is 4. The lowest BCUT2D eigenvalue weighted by molar-refractivity contribution is -0.155. The Labute approximate surface area is 172 Å². The molecule has 30 heavy (non-hydrogen) atoms. The highest BCUT2D eigenvalue weighted by Gasteiger charge is 2.60. The Balaban J connectivity index is 2.02. The summed E-state index contributed by atoms with van der Waals surface area (Å²) in [4.78, 5) is 20.3. The SMILES string of the molecule is COc1c(C2CC(C)(C(F)(F)F)SC2C(=O)Nc2ccnc(N)n2)ccc(F)c1F. The lowest BCUT2D eigenvalue weighted by Crippen LogP contribution is -2.37. The highest BCUT2D eigenvalue weighted by atomic mass is 32.2. The molecule has 162 valence electrons. The Kier molecular flexibility index (Phi) is 5.81. The number of nitrogens with two attached hydrogens (primary N) is 1. The van der Waals surface area contributed by atoms with Gasteiger partial charge in [0.1, 0.15) is 10.6 Å². The molecule has 3 unspecified atom stereocenters. The minimum atomic E-state index is -4.64. The lowest BCUT2D eigenvalue weighted by atomic mass is 9.85.